The highest BCUT2D eigenvalue weighted by molar-refractivity contribution is 5.85. The van der Waals surface area contributed by atoms with Crippen molar-refractivity contribution >= 4 is 11.8 Å². The van der Waals surface area contributed by atoms with Gasteiger partial charge >= 0.3 is 0 Å². The predicted octanol–water partition coefficient (Wildman–Crippen LogP) is -0.0124. The second-order valence-corrected chi connectivity index (χ2v) is 3.34. The summed E-state index contributed by atoms with van der Waals surface area (Å²) in [6.45, 7) is 5.97. The van der Waals surface area contributed by atoms with E-state index < -0.39 is 17.3 Å². The number of carboxylic acids is 1. The van der Waals surface area contributed by atoms with E-state index in [0.717, 1.165) is 0 Å². The maximum atomic E-state index is 10.8. The fourth-order valence-corrected chi connectivity index (χ4v) is 0.685. The van der Waals surface area contributed by atoms with Crippen LogP contribution >= 0.6 is 0 Å². The molecule has 0 aromatic carbocycles. The Hall–Kier alpha value is -0.860. The first-order valence-corrected chi connectivity index (χ1v) is 3.52. The Labute approximate surface area is 66.4 Å². The molecule has 0 aromatic heterocycles. The van der Waals surface area contributed by atoms with Crippen molar-refractivity contribution in [3.8, 4) is 0 Å². The summed E-state index contributed by atoms with van der Waals surface area (Å²) >= 11 is 0. The van der Waals surface area contributed by atoms with Crippen LogP contribution in [0.2, 0.25) is 0 Å². The van der Waals surface area contributed by atoms with Gasteiger partial charge in [0.25, 0.3) is 0 Å². The maximum absolute atomic E-state index is 10.8. The van der Waals surface area contributed by atoms with E-state index in [1.54, 1.807) is 6.92 Å². The molecule has 1 atom stereocenters. The second-order valence-electron chi connectivity index (χ2n) is 3.34. The number of hydrogen-bond acceptors (Lipinski definition) is 3. The van der Waals surface area contributed by atoms with Gasteiger partial charge in [-0.3, -0.25) is 4.79 Å². The van der Waals surface area contributed by atoms with Crippen molar-refractivity contribution in [2.75, 3.05) is 0 Å². The average molecular weight is 157 g/mol. The van der Waals surface area contributed by atoms with E-state index in [2.05, 4.69) is 0 Å². The third-order valence-corrected chi connectivity index (χ3v) is 2.22. The Balaban J connectivity index is 4.55. The van der Waals surface area contributed by atoms with Gasteiger partial charge in [0, 0.05) is 17.3 Å². The Morgan fingerprint density at radius 3 is 1.82 bits per heavy atom. The quantitative estimate of drug-likeness (QED) is 0.578. The lowest BCUT2D eigenvalue weighted by Gasteiger charge is -2.30. The minimum absolute atomic E-state index is 0.126. The van der Waals surface area contributed by atoms with Gasteiger partial charge in [-0.1, -0.05) is 20.8 Å². The number of aliphatic carboxylic acids is 1. The Morgan fingerprint density at radius 2 is 1.73 bits per heavy atom. The van der Waals surface area contributed by atoms with Gasteiger partial charge in [-0.2, -0.15) is 0 Å². The molecule has 0 rings (SSSR count). The maximum Gasteiger partial charge on any atom is 0.133 e. The van der Waals surface area contributed by atoms with Gasteiger partial charge in [0.2, 0.25) is 0 Å². The molecule has 64 valence electrons. The fraction of sp³-hybridized carbons (Fsp3) is 0.750. The summed E-state index contributed by atoms with van der Waals surface area (Å²) in [4.78, 5) is 21.3. The van der Waals surface area contributed by atoms with Crippen molar-refractivity contribution in [3.63, 3.8) is 0 Å². The van der Waals surface area contributed by atoms with Crippen molar-refractivity contribution in [1.29, 1.82) is 0 Å². The van der Waals surface area contributed by atoms with E-state index in [-0.39, 0.29) is 5.78 Å². The van der Waals surface area contributed by atoms with Gasteiger partial charge < -0.3 is 9.90 Å². The summed E-state index contributed by atoms with van der Waals surface area (Å²) in [6.07, 6.45) is 0. The lowest BCUT2D eigenvalue weighted by molar-refractivity contribution is -0.319. The highest BCUT2D eigenvalue weighted by Crippen LogP contribution is 2.25. The monoisotopic (exact) mass is 157 g/mol. The van der Waals surface area contributed by atoms with Gasteiger partial charge in [0.05, 0.1) is 0 Å². The molecule has 0 fully saturated rings. The zero-order chi connectivity index (χ0) is 9.23. The fourth-order valence-electron chi connectivity index (χ4n) is 0.685. The van der Waals surface area contributed by atoms with Gasteiger partial charge in [-0.15, -0.1) is 0 Å². The molecular formula is C8H13O3-. The van der Waals surface area contributed by atoms with Crippen LogP contribution in [-0.2, 0) is 9.59 Å². The normalized spacial score (nSPS) is 14.2. The van der Waals surface area contributed by atoms with Crippen LogP contribution in [0, 0.1) is 11.3 Å². The summed E-state index contributed by atoms with van der Waals surface area (Å²) in [5.74, 6) is -1.80. The van der Waals surface area contributed by atoms with E-state index in [4.69, 9.17) is 0 Å². The zero-order valence-electron chi connectivity index (χ0n) is 7.30. The zero-order valence-corrected chi connectivity index (χ0v) is 7.30. The minimum Gasteiger partial charge on any atom is -0.550 e. The molecule has 11 heavy (non-hydrogen) atoms. The molecule has 3 heteroatoms. The van der Waals surface area contributed by atoms with Crippen LogP contribution in [-0.4, -0.2) is 11.8 Å². The van der Waals surface area contributed by atoms with Crippen LogP contribution in [0.25, 0.3) is 0 Å². The van der Waals surface area contributed by atoms with Crippen molar-refractivity contribution in [3.05, 3.63) is 0 Å². The molecular weight excluding hydrogens is 144 g/mol. The van der Waals surface area contributed by atoms with Crippen molar-refractivity contribution < 1.29 is 14.7 Å². The number of Topliss-reactive ketones (excluding diaryl/α,β-unsaturated/α-hetero) is 1. The molecule has 0 spiro atoms. The van der Waals surface area contributed by atoms with Gasteiger partial charge in [-0.05, 0) is 6.92 Å². The first kappa shape index (κ1) is 10.1. The number of hydrogen-bond donors (Lipinski definition) is 0. The molecule has 0 heterocycles. The van der Waals surface area contributed by atoms with E-state index in [1.165, 1.54) is 20.8 Å². The lowest BCUT2D eigenvalue weighted by Crippen LogP contribution is -2.44. The molecule has 0 aliphatic rings. The van der Waals surface area contributed by atoms with Crippen LogP contribution in [0.15, 0.2) is 0 Å². The Bertz CT molecular complexity index is 182. The molecule has 0 aliphatic carbocycles. The highest BCUT2D eigenvalue weighted by Gasteiger charge is 2.30. The largest absolute Gasteiger partial charge is 0.550 e. The van der Waals surface area contributed by atoms with Crippen LogP contribution < -0.4 is 5.11 Å². The van der Waals surface area contributed by atoms with E-state index in [9.17, 15) is 14.7 Å². The molecule has 0 N–H and O–H groups in total. The molecule has 3 nitrogen and oxygen atoms in total. The summed E-state index contributed by atoms with van der Waals surface area (Å²) in [7, 11) is 0. The third kappa shape index (κ3) is 2.03. The number of carboxylic acid groups (broad SMARTS) is 1. The molecule has 1 unspecified atom stereocenters. The lowest BCUT2D eigenvalue weighted by atomic mass is 9.78. The average Bonchev–Trinajstić information content (AvgIpc) is 1.85. The van der Waals surface area contributed by atoms with Crippen LogP contribution in [0.1, 0.15) is 27.7 Å². The van der Waals surface area contributed by atoms with Gasteiger partial charge in [-0.25, -0.2) is 0 Å². The number of carbonyl (C=O) groups excluding carboxylic acids is 2. The molecule has 0 saturated carbocycles. The van der Waals surface area contributed by atoms with Crippen molar-refractivity contribution in [2.24, 2.45) is 11.3 Å². The number of carbonyl (C=O) groups is 2. The van der Waals surface area contributed by atoms with Gasteiger partial charge in [0.15, 0.2) is 0 Å². The van der Waals surface area contributed by atoms with E-state index in [1.807, 2.05) is 0 Å². The smallest absolute Gasteiger partial charge is 0.133 e. The number of ketones is 1. The molecule has 0 bridgehead atoms. The summed E-state index contributed by atoms with van der Waals surface area (Å²) in [5, 5.41) is 10.5. The highest BCUT2D eigenvalue weighted by atomic mass is 16.4. The first-order valence-electron chi connectivity index (χ1n) is 3.52. The summed E-state index contributed by atoms with van der Waals surface area (Å²) in [5.41, 5.74) is -1.06. The van der Waals surface area contributed by atoms with Gasteiger partial charge in [0.1, 0.15) is 5.78 Å². The first-order chi connectivity index (χ1) is 4.80. The third-order valence-electron chi connectivity index (χ3n) is 2.22. The Kier molecular flexibility index (Phi) is 2.79. The molecule has 0 radical (unpaired) electrons. The minimum atomic E-state index is -1.18. The summed E-state index contributed by atoms with van der Waals surface area (Å²) in [6, 6.07) is 0. The number of rotatable bonds is 3. The molecule has 0 saturated heterocycles. The van der Waals surface area contributed by atoms with Crippen molar-refractivity contribution in [1.82, 2.24) is 0 Å². The molecule has 0 aliphatic heterocycles. The van der Waals surface area contributed by atoms with E-state index >= 15 is 0 Å². The topological polar surface area (TPSA) is 57.2 Å². The predicted molar refractivity (Wildman–Crippen MR) is 38.6 cm³/mol. The second kappa shape index (κ2) is 3.03. The van der Waals surface area contributed by atoms with Crippen LogP contribution in [0.3, 0.4) is 0 Å². The standard InChI is InChI=1S/C8H14O3/c1-5(6(2)9)8(3,4)7(10)11/h5H,1-4H3,(H,10,11)/p-1. The van der Waals surface area contributed by atoms with Crippen LogP contribution in [0.5, 0.6) is 0 Å². The van der Waals surface area contributed by atoms with E-state index in [0.29, 0.717) is 0 Å². The SMILES string of the molecule is CC(=O)C(C)C(C)(C)C(=O)[O-]. The van der Waals surface area contributed by atoms with Crippen molar-refractivity contribution in [2.45, 2.75) is 27.7 Å². The Morgan fingerprint density at radius 1 is 1.36 bits per heavy atom. The summed E-state index contributed by atoms with van der Waals surface area (Å²) < 4.78 is 0. The molecule has 0 aromatic rings. The molecule has 0 amide bonds. The van der Waals surface area contributed by atoms with Crippen LogP contribution in [0.4, 0.5) is 0 Å².